The molecule has 2 atom stereocenters. The van der Waals surface area contributed by atoms with Crippen LogP contribution in [0.2, 0.25) is 0 Å². The van der Waals surface area contributed by atoms with Crippen LogP contribution >= 0.6 is 12.4 Å². The Kier molecular flexibility index (Phi) is 6.79. The molecule has 0 radical (unpaired) electrons. The van der Waals surface area contributed by atoms with Crippen LogP contribution in [0, 0.1) is 0 Å². The quantitative estimate of drug-likeness (QED) is 0.875. The summed E-state index contributed by atoms with van der Waals surface area (Å²) in [6.45, 7) is 0.992. The van der Waals surface area contributed by atoms with Gasteiger partial charge in [-0.1, -0.05) is 54.6 Å². The van der Waals surface area contributed by atoms with Gasteiger partial charge in [0.1, 0.15) is 6.10 Å². The molecule has 1 aliphatic heterocycles. The van der Waals surface area contributed by atoms with Gasteiger partial charge in [0.15, 0.2) is 0 Å². The van der Waals surface area contributed by atoms with Crippen molar-refractivity contribution in [3.63, 3.8) is 0 Å². The van der Waals surface area contributed by atoms with Crippen molar-refractivity contribution < 1.29 is 9.53 Å². The second-order valence-corrected chi connectivity index (χ2v) is 5.84. The topological polar surface area (TPSA) is 64.4 Å². The number of carbonyl (C=O) groups is 1. The maximum atomic E-state index is 12.1. The molecule has 3 rings (SSSR count). The minimum Gasteiger partial charge on any atom is -0.364 e. The number of rotatable bonds is 5. The Hall–Kier alpha value is -1.88. The number of ether oxygens (including phenoxy) is 1. The molecule has 128 valence electrons. The first kappa shape index (κ1) is 18.5. The summed E-state index contributed by atoms with van der Waals surface area (Å²) in [6, 6.07) is 18.5. The highest BCUT2D eigenvalue weighted by Crippen LogP contribution is 2.20. The van der Waals surface area contributed by atoms with Gasteiger partial charge < -0.3 is 15.8 Å². The van der Waals surface area contributed by atoms with E-state index in [2.05, 4.69) is 29.6 Å². The smallest absolute Gasteiger partial charge is 0.249 e. The third kappa shape index (κ3) is 4.57. The molecule has 0 bridgehead atoms. The van der Waals surface area contributed by atoms with Crippen LogP contribution in [0.4, 0.5) is 0 Å². The minimum atomic E-state index is -0.354. The largest absolute Gasteiger partial charge is 0.364 e. The molecule has 1 saturated heterocycles. The maximum Gasteiger partial charge on any atom is 0.249 e. The van der Waals surface area contributed by atoms with Gasteiger partial charge >= 0.3 is 0 Å². The van der Waals surface area contributed by atoms with Crippen molar-refractivity contribution in [2.24, 2.45) is 5.73 Å². The third-order valence-electron chi connectivity index (χ3n) is 4.19. The second kappa shape index (κ2) is 8.83. The van der Waals surface area contributed by atoms with E-state index in [9.17, 15) is 4.79 Å². The molecule has 1 heterocycles. The van der Waals surface area contributed by atoms with Gasteiger partial charge in [0.2, 0.25) is 5.91 Å². The Morgan fingerprint density at radius 3 is 2.33 bits per heavy atom. The molecule has 2 aromatic rings. The molecule has 1 amide bonds. The molecule has 5 heteroatoms. The lowest BCUT2D eigenvalue weighted by atomic mass is 10.0. The maximum absolute atomic E-state index is 12.1. The summed E-state index contributed by atoms with van der Waals surface area (Å²) in [4.78, 5) is 12.1. The molecule has 24 heavy (non-hydrogen) atoms. The van der Waals surface area contributed by atoms with Gasteiger partial charge in [-0.2, -0.15) is 0 Å². The molecule has 0 aromatic heterocycles. The summed E-state index contributed by atoms with van der Waals surface area (Å²) in [5, 5.41) is 2.94. The zero-order valence-corrected chi connectivity index (χ0v) is 14.3. The van der Waals surface area contributed by atoms with E-state index in [1.807, 2.05) is 30.3 Å². The minimum absolute atomic E-state index is 0. The van der Waals surface area contributed by atoms with E-state index in [0.717, 1.165) is 18.4 Å². The lowest BCUT2D eigenvalue weighted by Gasteiger charge is -2.13. The number of amides is 1. The van der Waals surface area contributed by atoms with Crippen molar-refractivity contribution in [3.8, 4) is 11.1 Å². The van der Waals surface area contributed by atoms with E-state index in [1.165, 1.54) is 11.1 Å². The van der Waals surface area contributed by atoms with Gasteiger partial charge in [-0.15, -0.1) is 12.4 Å². The van der Waals surface area contributed by atoms with Gasteiger partial charge in [-0.25, -0.2) is 0 Å². The summed E-state index contributed by atoms with van der Waals surface area (Å²) in [6.07, 6.45) is 1.28. The number of benzene rings is 2. The van der Waals surface area contributed by atoms with Crippen LogP contribution in [0.3, 0.4) is 0 Å². The average Bonchev–Trinajstić information content (AvgIpc) is 3.10. The highest BCUT2D eigenvalue weighted by molar-refractivity contribution is 5.85. The molecule has 2 aromatic carbocycles. The average molecular weight is 347 g/mol. The van der Waals surface area contributed by atoms with Crippen molar-refractivity contribution >= 4 is 18.3 Å². The molecular weight excluding hydrogens is 324 g/mol. The van der Waals surface area contributed by atoms with Gasteiger partial charge in [-0.3, -0.25) is 4.79 Å². The highest BCUT2D eigenvalue weighted by Gasteiger charge is 2.29. The zero-order valence-electron chi connectivity index (χ0n) is 13.5. The molecule has 3 N–H and O–H groups in total. The van der Waals surface area contributed by atoms with E-state index in [1.54, 1.807) is 0 Å². The summed E-state index contributed by atoms with van der Waals surface area (Å²) in [7, 11) is 0. The molecule has 1 fully saturated rings. The fourth-order valence-corrected chi connectivity index (χ4v) is 2.82. The van der Waals surface area contributed by atoms with E-state index >= 15 is 0 Å². The van der Waals surface area contributed by atoms with Crippen LogP contribution in [0.1, 0.15) is 18.4 Å². The van der Waals surface area contributed by atoms with Crippen molar-refractivity contribution in [1.29, 1.82) is 0 Å². The van der Waals surface area contributed by atoms with Crippen LogP contribution in [0.5, 0.6) is 0 Å². The standard InChI is InChI=1S/C19H22N2O2.ClH/c20-12-17-10-11-18(23-17)19(22)21-13-14-6-8-16(9-7-14)15-4-2-1-3-5-15;/h1-9,17-18H,10-13,20H2,(H,21,22);1H/t17-,18+;/m1./s1. The van der Waals surface area contributed by atoms with E-state index in [0.29, 0.717) is 13.1 Å². The predicted molar refractivity (Wildman–Crippen MR) is 97.9 cm³/mol. The Bertz CT molecular complexity index is 646. The molecule has 0 unspecified atom stereocenters. The monoisotopic (exact) mass is 346 g/mol. The number of hydrogen-bond acceptors (Lipinski definition) is 3. The van der Waals surface area contributed by atoms with E-state index in [4.69, 9.17) is 10.5 Å². The highest BCUT2D eigenvalue weighted by atomic mass is 35.5. The Balaban J connectivity index is 0.00000208. The molecule has 1 aliphatic rings. The van der Waals surface area contributed by atoms with Crippen molar-refractivity contribution in [3.05, 3.63) is 60.2 Å². The molecule has 0 aliphatic carbocycles. The molecular formula is C19H23ClN2O2. The van der Waals surface area contributed by atoms with Crippen molar-refractivity contribution in [2.75, 3.05) is 6.54 Å². The van der Waals surface area contributed by atoms with Crippen molar-refractivity contribution in [2.45, 2.75) is 31.6 Å². The fourth-order valence-electron chi connectivity index (χ4n) is 2.82. The number of halogens is 1. The van der Waals surface area contributed by atoms with Crippen LogP contribution in [-0.2, 0) is 16.1 Å². The normalized spacial score (nSPS) is 19.5. The summed E-state index contributed by atoms with van der Waals surface area (Å²) >= 11 is 0. The van der Waals surface area contributed by atoms with Crippen LogP contribution in [0.15, 0.2) is 54.6 Å². The van der Waals surface area contributed by atoms with Gasteiger partial charge in [0.05, 0.1) is 6.10 Å². The van der Waals surface area contributed by atoms with Crippen LogP contribution < -0.4 is 11.1 Å². The second-order valence-electron chi connectivity index (χ2n) is 5.84. The fraction of sp³-hybridized carbons (Fsp3) is 0.316. The zero-order chi connectivity index (χ0) is 16.1. The van der Waals surface area contributed by atoms with Crippen LogP contribution in [0.25, 0.3) is 11.1 Å². The predicted octanol–water partition coefficient (Wildman–Crippen LogP) is 2.90. The van der Waals surface area contributed by atoms with Gasteiger partial charge in [0.25, 0.3) is 0 Å². The van der Waals surface area contributed by atoms with Crippen molar-refractivity contribution in [1.82, 2.24) is 5.32 Å². The third-order valence-corrected chi connectivity index (χ3v) is 4.19. The SMILES string of the molecule is Cl.NC[C@H]1CC[C@@H](C(=O)NCc2ccc(-c3ccccc3)cc2)O1. The summed E-state index contributed by atoms with van der Waals surface area (Å²) < 4.78 is 5.60. The Morgan fingerprint density at radius 1 is 1.04 bits per heavy atom. The lowest BCUT2D eigenvalue weighted by Crippen LogP contribution is -2.35. The van der Waals surface area contributed by atoms with Gasteiger partial charge in [-0.05, 0) is 29.5 Å². The number of hydrogen-bond donors (Lipinski definition) is 2. The van der Waals surface area contributed by atoms with E-state index < -0.39 is 0 Å². The van der Waals surface area contributed by atoms with Gasteiger partial charge in [0, 0.05) is 13.1 Å². The van der Waals surface area contributed by atoms with E-state index in [-0.39, 0.29) is 30.5 Å². The summed E-state index contributed by atoms with van der Waals surface area (Å²) in [5.74, 6) is -0.0481. The Morgan fingerprint density at radius 2 is 1.71 bits per heavy atom. The first-order valence-corrected chi connectivity index (χ1v) is 8.04. The molecule has 0 saturated carbocycles. The first-order valence-electron chi connectivity index (χ1n) is 8.04. The molecule has 4 nitrogen and oxygen atoms in total. The lowest BCUT2D eigenvalue weighted by molar-refractivity contribution is -0.132. The summed E-state index contributed by atoms with van der Waals surface area (Å²) in [5.41, 5.74) is 9.00. The van der Waals surface area contributed by atoms with Crippen LogP contribution in [-0.4, -0.2) is 24.7 Å². The number of nitrogens with two attached hydrogens (primary N) is 1. The first-order chi connectivity index (χ1) is 11.3. The Labute approximate surface area is 148 Å². The number of nitrogens with one attached hydrogen (secondary N) is 1. The molecule has 0 spiro atoms. The number of carbonyl (C=O) groups excluding carboxylic acids is 1.